The number of nitrogens with one attached hydrogen (secondary N) is 1. The summed E-state index contributed by atoms with van der Waals surface area (Å²) >= 11 is 0.868. The van der Waals surface area contributed by atoms with Crippen LogP contribution in [0.15, 0.2) is 53.4 Å². The van der Waals surface area contributed by atoms with Crippen molar-refractivity contribution in [2.45, 2.75) is 32.6 Å². The molecule has 2 aromatic carbocycles. The molecule has 2 aliphatic rings. The van der Waals surface area contributed by atoms with Crippen molar-refractivity contribution in [3.63, 3.8) is 0 Å². The normalized spacial score (nSPS) is 17.7. The summed E-state index contributed by atoms with van der Waals surface area (Å²) in [6, 6.07) is 15.6. The van der Waals surface area contributed by atoms with Gasteiger partial charge in [0.25, 0.3) is 11.1 Å². The van der Waals surface area contributed by atoms with Gasteiger partial charge in [-0.2, -0.15) is 0 Å². The number of thioether (sulfide) groups is 1. The van der Waals surface area contributed by atoms with E-state index in [9.17, 15) is 14.4 Å². The SMILES string of the molecule is CC(C)c1ccc(NC(=O)CN2C(=O)S/C(=C/c3ccc(N4CCCC4)cc3)C2=O)cc1. The van der Waals surface area contributed by atoms with E-state index in [-0.39, 0.29) is 6.54 Å². The van der Waals surface area contributed by atoms with Gasteiger partial charge < -0.3 is 10.2 Å². The van der Waals surface area contributed by atoms with Gasteiger partial charge in [-0.25, -0.2) is 0 Å². The Morgan fingerprint density at radius 3 is 2.31 bits per heavy atom. The molecule has 0 spiro atoms. The third kappa shape index (κ3) is 5.05. The third-order valence-corrected chi connectivity index (χ3v) is 6.61. The van der Waals surface area contributed by atoms with Crippen LogP contribution in [0.25, 0.3) is 6.08 Å². The zero-order valence-electron chi connectivity index (χ0n) is 18.3. The van der Waals surface area contributed by atoms with Crippen LogP contribution in [-0.2, 0) is 9.59 Å². The van der Waals surface area contributed by atoms with E-state index in [1.165, 1.54) is 24.1 Å². The van der Waals surface area contributed by atoms with E-state index in [0.717, 1.165) is 35.3 Å². The number of hydrogen-bond donors (Lipinski definition) is 1. The van der Waals surface area contributed by atoms with Crippen LogP contribution in [0.4, 0.5) is 16.2 Å². The predicted octanol–water partition coefficient (Wildman–Crippen LogP) is 5.09. The lowest BCUT2D eigenvalue weighted by molar-refractivity contribution is -0.127. The number of nitrogens with zero attached hydrogens (tertiary/aromatic N) is 2. The molecule has 4 rings (SSSR count). The van der Waals surface area contributed by atoms with Gasteiger partial charge in [-0.05, 0) is 72.0 Å². The number of benzene rings is 2. The first-order valence-electron chi connectivity index (χ1n) is 10.9. The van der Waals surface area contributed by atoms with Crippen molar-refractivity contribution < 1.29 is 14.4 Å². The quantitative estimate of drug-likeness (QED) is 0.623. The molecular formula is C25H27N3O3S. The highest BCUT2D eigenvalue weighted by Crippen LogP contribution is 2.32. The largest absolute Gasteiger partial charge is 0.372 e. The summed E-state index contributed by atoms with van der Waals surface area (Å²) in [5, 5.41) is 2.32. The Hall–Kier alpha value is -3.06. The molecule has 0 radical (unpaired) electrons. The lowest BCUT2D eigenvalue weighted by Crippen LogP contribution is -2.36. The van der Waals surface area contributed by atoms with E-state index in [4.69, 9.17) is 0 Å². The average molecular weight is 450 g/mol. The van der Waals surface area contributed by atoms with E-state index in [0.29, 0.717) is 16.5 Å². The zero-order chi connectivity index (χ0) is 22.7. The molecule has 0 bridgehead atoms. The van der Waals surface area contributed by atoms with Crippen LogP contribution >= 0.6 is 11.8 Å². The molecule has 2 heterocycles. The van der Waals surface area contributed by atoms with Crippen molar-refractivity contribution in [1.82, 2.24) is 4.90 Å². The lowest BCUT2D eigenvalue weighted by Gasteiger charge is -2.17. The Kier molecular flexibility index (Phi) is 6.65. The predicted molar refractivity (Wildman–Crippen MR) is 130 cm³/mol. The van der Waals surface area contributed by atoms with Crippen LogP contribution in [0.1, 0.15) is 43.7 Å². The van der Waals surface area contributed by atoms with Gasteiger partial charge in [0.05, 0.1) is 4.91 Å². The molecule has 0 atom stereocenters. The van der Waals surface area contributed by atoms with Gasteiger partial charge in [0, 0.05) is 24.5 Å². The van der Waals surface area contributed by atoms with Crippen LogP contribution in [-0.4, -0.2) is 41.6 Å². The standard InChI is InChI=1S/C25H27N3O3S/c1-17(2)19-7-9-20(10-8-19)26-23(29)16-28-24(30)22(32-25(28)31)15-18-5-11-21(12-6-18)27-13-3-4-14-27/h5-12,15,17H,3-4,13-14,16H2,1-2H3,(H,26,29)/b22-15+. The highest BCUT2D eigenvalue weighted by molar-refractivity contribution is 8.18. The molecule has 0 saturated carbocycles. The fourth-order valence-electron chi connectivity index (χ4n) is 3.84. The fraction of sp³-hybridized carbons (Fsp3) is 0.320. The van der Waals surface area contributed by atoms with Crippen molar-refractivity contribution in [3.05, 3.63) is 64.6 Å². The molecule has 0 aromatic heterocycles. The number of hydrogen-bond acceptors (Lipinski definition) is 5. The Bertz CT molecular complexity index is 1040. The molecule has 2 aliphatic heterocycles. The molecule has 166 valence electrons. The molecule has 2 aromatic rings. The molecule has 3 amide bonds. The minimum absolute atomic E-state index is 0.304. The van der Waals surface area contributed by atoms with Crippen LogP contribution in [0, 0.1) is 0 Å². The molecule has 6 nitrogen and oxygen atoms in total. The lowest BCUT2D eigenvalue weighted by atomic mass is 10.0. The zero-order valence-corrected chi connectivity index (χ0v) is 19.2. The Balaban J connectivity index is 1.38. The highest BCUT2D eigenvalue weighted by Gasteiger charge is 2.36. The van der Waals surface area contributed by atoms with E-state index in [1.807, 2.05) is 48.5 Å². The van der Waals surface area contributed by atoms with Gasteiger partial charge in [-0.15, -0.1) is 0 Å². The summed E-state index contributed by atoms with van der Waals surface area (Å²) in [6.07, 6.45) is 4.14. The first kappa shape index (κ1) is 22.1. The number of amides is 3. The maximum Gasteiger partial charge on any atom is 0.294 e. The van der Waals surface area contributed by atoms with Gasteiger partial charge >= 0.3 is 0 Å². The first-order valence-corrected chi connectivity index (χ1v) is 11.7. The second-order valence-electron chi connectivity index (χ2n) is 8.38. The molecule has 32 heavy (non-hydrogen) atoms. The summed E-state index contributed by atoms with van der Waals surface area (Å²) in [6.45, 7) is 6.04. The molecule has 0 unspecified atom stereocenters. The second-order valence-corrected chi connectivity index (χ2v) is 9.37. The van der Waals surface area contributed by atoms with E-state index >= 15 is 0 Å². The van der Waals surface area contributed by atoms with Gasteiger partial charge in [0.1, 0.15) is 6.54 Å². The molecule has 2 fully saturated rings. The van der Waals surface area contributed by atoms with Gasteiger partial charge in [0.2, 0.25) is 5.91 Å². The fourth-order valence-corrected chi connectivity index (χ4v) is 4.68. The third-order valence-electron chi connectivity index (χ3n) is 5.70. The monoisotopic (exact) mass is 449 g/mol. The topological polar surface area (TPSA) is 69.7 Å². The maximum atomic E-state index is 12.7. The summed E-state index contributed by atoms with van der Waals surface area (Å²) in [5.74, 6) is -0.437. The first-order chi connectivity index (χ1) is 15.4. The van der Waals surface area contributed by atoms with Crippen molar-refractivity contribution in [3.8, 4) is 0 Å². The number of anilines is 2. The van der Waals surface area contributed by atoms with Gasteiger partial charge in [-0.3, -0.25) is 19.3 Å². The van der Waals surface area contributed by atoms with E-state index in [2.05, 4.69) is 24.1 Å². The summed E-state index contributed by atoms with van der Waals surface area (Å²) in [5.41, 5.74) is 3.84. The van der Waals surface area contributed by atoms with Crippen LogP contribution in [0.2, 0.25) is 0 Å². The minimum atomic E-state index is -0.436. The summed E-state index contributed by atoms with van der Waals surface area (Å²) in [7, 11) is 0. The van der Waals surface area contributed by atoms with Gasteiger partial charge in [-0.1, -0.05) is 38.1 Å². The molecular weight excluding hydrogens is 422 g/mol. The summed E-state index contributed by atoms with van der Waals surface area (Å²) in [4.78, 5) is 41.2. The van der Waals surface area contributed by atoms with E-state index < -0.39 is 17.1 Å². The smallest absolute Gasteiger partial charge is 0.294 e. The van der Waals surface area contributed by atoms with E-state index in [1.54, 1.807) is 6.08 Å². The van der Waals surface area contributed by atoms with Crippen molar-refractivity contribution >= 4 is 46.3 Å². The van der Waals surface area contributed by atoms with Crippen molar-refractivity contribution in [2.24, 2.45) is 0 Å². The second kappa shape index (κ2) is 9.61. The van der Waals surface area contributed by atoms with Crippen LogP contribution < -0.4 is 10.2 Å². The van der Waals surface area contributed by atoms with Gasteiger partial charge in [0.15, 0.2) is 0 Å². The highest BCUT2D eigenvalue weighted by atomic mass is 32.2. The van der Waals surface area contributed by atoms with Crippen molar-refractivity contribution in [2.75, 3.05) is 29.9 Å². The van der Waals surface area contributed by atoms with Crippen molar-refractivity contribution in [1.29, 1.82) is 0 Å². The molecule has 1 N–H and O–H groups in total. The Morgan fingerprint density at radius 1 is 1.03 bits per heavy atom. The average Bonchev–Trinajstić information content (AvgIpc) is 3.40. The maximum absolute atomic E-state index is 12.7. The molecule has 7 heteroatoms. The molecule has 2 saturated heterocycles. The Morgan fingerprint density at radius 2 is 1.69 bits per heavy atom. The molecule has 0 aliphatic carbocycles. The van der Waals surface area contributed by atoms with Crippen LogP contribution in [0.5, 0.6) is 0 Å². The minimum Gasteiger partial charge on any atom is -0.372 e. The number of rotatable bonds is 6. The number of carbonyl (C=O) groups excluding carboxylic acids is 3. The van der Waals surface area contributed by atoms with Crippen LogP contribution in [0.3, 0.4) is 0 Å². The number of imide groups is 1. The number of carbonyl (C=O) groups is 3. The Labute approximate surface area is 192 Å². The summed E-state index contributed by atoms with van der Waals surface area (Å²) < 4.78 is 0.